The Morgan fingerprint density at radius 1 is 1.25 bits per heavy atom. The van der Waals surface area contributed by atoms with Crippen LogP contribution in [0.5, 0.6) is 5.88 Å². The topological polar surface area (TPSA) is 84.4 Å². The SMILES string of the molecule is COc1ccc(C(=O)N2CC[C@@H](C(=O)Nc3ccccn3)C2)cn1. The molecular formula is C17H18N4O3. The standard InChI is InChI=1S/C17H18N4O3/c1-24-15-6-5-12(10-19-15)17(23)21-9-7-13(11-21)16(22)20-14-4-2-3-8-18-14/h2-6,8,10,13H,7,9,11H2,1H3,(H,18,20,22)/t13-/m1/s1. The molecule has 2 aromatic heterocycles. The lowest BCUT2D eigenvalue weighted by Crippen LogP contribution is -2.31. The molecule has 0 bridgehead atoms. The van der Waals surface area contributed by atoms with Gasteiger partial charge in [-0.25, -0.2) is 9.97 Å². The summed E-state index contributed by atoms with van der Waals surface area (Å²) in [4.78, 5) is 34.5. The smallest absolute Gasteiger partial charge is 0.255 e. The van der Waals surface area contributed by atoms with Crippen molar-refractivity contribution < 1.29 is 14.3 Å². The van der Waals surface area contributed by atoms with Crippen LogP contribution in [0.2, 0.25) is 0 Å². The molecule has 0 radical (unpaired) electrons. The number of likely N-dealkylation sites (tertiary alicyclic amines) is 1. The molecule has 1 fully saturated rings. The zero-order chi connectivity index (χ0) is 16.9. The Kier molecular flexibility index (Phi) is 4.69. The van der Waals surface area contributed by atoms with Gasteiger partial charge >= 0.3 is 0 Å². The van der Waals surface area contributed by atoms with Gasteiger partial charge in [0.05, 0.1) is 18.6 Å². The van der Waals surface area contributed by atoms with Crippen LogP contribution in [0.25, 0.3) is 0 Å². The highest BCUT2D eigenvalue weighted by Gasteiger charge is 2.31. The number of nitrogens with one attached hydrogen (secondary N) is 1. The molecule has 3 heterocycles. The zero-order valence-corrected chi connectivity index (χ0v) is 13.3. The number of hydrogen-bond acceptors (Lipinski definition) is 5. The van der Waals surface area contributed by atoms with Crippen molar-refractivity contribution >= 4 is 17.6 Å². The van der Waals surface area contributed by atoms with E-state index in [1.54, 1.807) is 35.4 Å². The summed E-state index contributed by atoms with van der Waals surface area (Å²) in [5.41, 5.74) is 0.488. The van der Waals surface area contributed by atoms with Crippen molar-refractivity contribution in [3.63, 3.8) is 0 Å². The van der Waals surface area contributed by atoms with Crippen molar-refractivity contribution in [1.82, 2.24) is 14.9 Å². The Morgan fingerprint density at radius 2 is 2.12 bits per heavy atom. The monoisotopic (exact) mass is 326 g/mol. The maximum absolute atomic E-state index is 12.5. The van der Waals surface area contributed by atoms with Gasteiger partial charge in [-0.1, -0.05) is 6.07 Å². The molecule has 0 unspecified atom stereocenters. The number of hydrogen-bond donors (Lipinski definition) is 1. The summed E-state index contributed by atoms with van der Waals surface area (Å²) >= 11 is 0. The Balaban J connectivity index is 1.59. The molecule has 7 heteroatoms. The number of nitrogens with zero attached hydrogens (tertiary/aromatic N) is 3. The molecule has 1 atom stereocenters. The van der Waals surface area contributed by atoms with Gasteiger partial charge in [-0.3, -0.25) is 9.59 Å². The molecule has 2 amide bonds. The van der Waals surface area contributed by atoms with Crippen molar-refractivity contribution in [3.8, 4) is 5.88 Å². The minimum absolute atomic E-state index is 0.114. The van der Waals surface area contributed by atoms with E-state index in [9.17, 15) is 9.59 Å². The number of methoxy groups -OCH3 is 1. The second kappa shape index (κ2) is 7.08. The summed E-state index contributed by atoms with van der Waals surface area (Å²) < 4.78 is 4.98. The highest BCUT2D eigenvalue weighted by Crippen LogP contribution is 2.20. The predicted octanol–water partition coefficient (Wildman–Crippen LogP) is 1.59. The maximum atomic E-state index is 12.5. The van der Waals surface area contributed by atoms with Gasteiger partial charge in [0.15, 0.2) is 0 Å². The summed E-state index contributed by atoms with van der Waals surface area (Å²) in [7, 11) is 1.52. The highest BCUT2D eigenvalue weighted by molar-refractivity contribution is 5.96. The van der Waals surface area contributed by atoms with E-state index in [2.05, 4.69) is 15.3 Å². The van der Waals surface area contributed by atoms with Gasteiger partial charge in [-0.2, -0.15) is 0 Å². The lowest BCUT2D eigenvalue weighted by atomic mass is 10.1. The summed E-state index contributed by atoms with van der Waals surface area (Å²) in [5, 5.41) is 2.78. The first-order chi connectivity index (χ1) is 11.7. The van der Waals surface area contributed by atoms with Gasteiger partial charge < -0.3 is 15.0 Å². The fraction of sp³-hybridized carbons (Fsp3) is 0.294. The summed E-state index contributed by atoms with van der Waals surface area (Å²) in [6.07, 6.45) is 3.74. The normalized spacial score (nSPS) is 16.7. The second-order valence-electron chi connectivity index (χ2n) is 5.53. The minimum Gasteiger partial charge on any atom is -0.481 e. The largest absolute Gasteiger partial charge is 0.481 e. The third-order valence-electron chi connectivity index (χ3n) is 3.95. The first-order valence-corrected chi connectivity index (χ1v) is 7.68. The van der Waals surface area contributed by atoms with E-state index in [4.69, 9.17) is 4.74 Å². The molecular weight excluding hydrogens is 308 g/mol. The minimum atomic E-state index is -0.234. The first-order valence-electron chi connectivity index (χ1n) is 7.68. The van der Waals surface area contributed by atoms with E-state index in [1.807, 2.05) is 6.07 Å². The number of carbonyl (C=O) groups excluding carboxylic acids is 2. The molecule has 7 nitrogen and oxygen atoms in total. The molecule has 124 valence electrons. The Bertz CT molecular complexity index is 718. The Hall–Kier alpha value is -2.96. The number of carbonyl (C=O) groups is 2. The molecule has 3 rings (SSSR count). The lowest BCUT2D eigenvalue weighted by molar-refractivity contribution is -0.119. The molecule has 1 aliphatic heterocycles. The predicted molar refractivity (Wildman–Crippen MR) is 87.7 cm³/mol. The van der Waals surface area contributed by atoms with Crippen LogP contribution in [0.4, 0.5) is 5.82 Å². The van der Waals surface area contributed by atoms with E-state index in [1.165, 1.54) is 13.3 Å². The van der Waals surface area contributed by atoms with Crippen molar-refractivity contribution in [3.05, 3.63) is 48.3 Å². The molecule has 1 aliphatic rings. The van der Waals surface area contributed by atoms with Crippen molar-refractivity contribution in [2.24, 2.45) is 5.92 Å². The summed E-state index contributed by atoms with van der Waals surface area (Å²) in [5.74, 6) is 0.504. The summed E-state index contributed by atoms with van der Waals surface area (Å²) in [6.45, 7) is 0.939. The lowest BCUT2D eigenvalue weighted by Gasteiger charge is -2.16. The third-order valence-corrected chi connectivity index (χ3v) is 3.95. The number of amides is 2. The maximum Gasteiger partial charge on any atom is 0.255 e. The Morgan fingerprint density at radius 3 is 2.79 bits per heavy atom. The number of rotatable bonds is 4. The first kappa shape index (κ1) is 15.9. The molecule has 0 spiro atoms. The van der Waals surface area contributed by atoms with Crippen molar-refractivity contribution in [1.29, 1.82) is 0 Å². The fourth-order valence-corrected chi connectivity index (χ4v) is 2.63. The molecule has 1 saturated heterocycles. The van der Waals surface area contributed by atoms with Crippen molar-refractivity contribution in [2.45, 2.75) is 6.42 Å². The molecule has 0 aromatic carbocycles. The van der Waals surface area contributed by atoms with E-state index in [0.717, 1.165) is 0 Å². The van der Waals surface area contributed by atoms with Crippen LogP contribution in [-0.4, -0.2) is 46.9 Å². The van der Waals surface area contributed by atoms with Gasteiger partial charge in [0, 0.05) is 31.5 Å². The van der Waals surface area contributed by atoms with Gasteiger partial charge in [0.2, 0.25) is 11.8 Å². The van der Waals surface area contributed by atoms with Gasteiger partial charge in [-0.15, -0.1) is 0 Å². The average Bonchev–Trinajstić information content (AvgIpc) is 3.12. The molecule has 1 N–H and O–H groups in total. The van der Waals surface area contributed by atoms with Crippen LogP contribution in [0, 0.1) is 5.92 Å². The van der Waals surface area contributed by atoms with Gasteiger partial charge in [0.1, 0.15) is 5.82 Å². The number of anilines is 1. The second-order valence-corrected chi connectivity index (χ2v) is 5.53. The van der Waals surface area contributed by atoms with Crippen LogP contribution in [0.15, 0.2) is 42.7 Å². The average molecular weight is 326 g/mol. The van der Waals surface area contributed by atoms with E-state index in [0.29, 0.717) is 36.8 Å². The third kappa shape index (κ3) is 3.51. The van der Waals surface area contributed by atoms with E-state index >= 15 is 0 Å². The van der Waals surface area contributed by atoms with E-state index in [-0.39, 0.29) is 17.7 Å². The molecule has 0 saturated carbocycles. The van der Waals surface area contributed by atoms with Crippen LogP contribution in [0.3, 0.4) is 0 Å². The van der Waals surface area contributed by atoms with Crippen LogP contribution >= 0.6 is 0 Å². The van der Waals surface area contributed by atoms with Crippen LogP contribution in [-0.2, 0) is 4.79 Å². The molecule has 24 heavy (non-hydrogen) atoms. The van der Waals surface area contributed by atoms with Crippen LogP contribution in [0.1, 0.15) is 16.8 Å². The van der Waals surface area contributed by atoms with E-state index < -0.39 is 0 Å². The summed E-state index contributed by atoms with van der Waals surface area (Å²) in [6, 6.07) is 8.65. The van der Waals surface area contributed by atoms with Crippen molar-refractivity contribution in [2.75, 3.05) is 25.5 Å². The number of pyridine rings is 2. The zero-order valence-electron chi connectivity index (χ0n) is 13.3. The quantitative estimate of drug-likeness (QED) is 0.922. The Labute approximate surface area is 139 Å². The number of aromatic nitrogens is 2. The van der Waals surface area contributed by atoms with Gasteiger partial charge in [0.25, 0.3) is 5.91 Å². The van der Waals surface area contributed by atoms with Crippen LogP contribution < -0.4 is 10.1 Å². The molecule has 2 aromatic rings. The van der Waals surface area contributed by atoms with Gasteiger partial charge in [-0.05, 0) is 24.6 Å². The number of ether oxygens (including phenoxy) is 1. The highest BCUT2D eigenvalue weighted by atomic mass is 16.5. The molecule has 0 aliphatic carbocycles. The fourth-order valence-electron chi connectivity index (χ4n) is 2.63.